The molecule has 0 unspecified atom stereocenters. The number of hydrogen-bond donors (Lipinski definition) is 0. The average molecular weight is 288 g/mol. The molecule has 1 amide bonds. The lowest BCUT2D eigenvalue weighted by Gasteiger charge is -2.42. The molecule has 0 spiro atoms. The first-order valence-corrected chi connectivity index (χ1v) is 6.20. The maximum atomic E-state index is 12.5. The summed E-state index contributed by atoms with van der Waals surface area (Å²) in [6.45, 7) is 4.74. The van der Waals surface area contributed by atoms with Crippen LogP contribution >= 0.6 is 0 Å². The van der Waals surface area contributed by atoms with E-state index < -0.39 is 11.7 Å². The third-order valence-corrected chi connectivity index (χ3v) is 3.39. The van der Waals surface area contributed by atoms with Crippen molar-refractivity contribution in [3.63, 3.8) is 0 Å². The van der Waals surface area contributed by atoms with Crippen LogP contribution in [-0.4, -0.2) is 46.5 Å². The van der Waals surface area contributed by atoms with Crippen molar-refractivity contribution in [2.24, 2.45) is 0 Å². The average Bonchev–Trinajstić information content (AvgIpc) is 2.40. The minimum Gasteiger partial charge on any atom is -0.339 e. The quantitative estimate of drug-likeness (QED) is 0.775. The second kappa shape index (κ2) is 5.26. The van der Waals surface area contributed by atoms with Crippen LogP contribution in [0.15, 0.2) is 12.4 Å². The highest BCUT2D eigenvalue weighted by molar-refractivity contribution is 5.49. The molecular weight excluding hydrogens is 273 g/mol. The summed E-state index contributed by atoms with van der Waals surface area (Å²) in [5, 5.41) is 0. The van der Waals surface area contributed by atoms with Gasteiger partial charge in [0.1, 0.15) is 0 Å². The van der Waals surface area contributed by atoms with Crippen LogP contribution in [0.25, 0.3) is 0 Å². The zero-order chi connectivity index (χ0) is 14.9. The monoisotopic (exact) mass is 288 g/mol. The number of alkyl halides is 3. The van der Waals surface area contributed by atoms with Crippen LogP contribution in [0.4, 0.5) is 19.1 Å². The van der Waals surface area contributed by atoms with E-state index in [1.54, 1.807) is 4.90 Å². The van der Waals surface area contributed by atoms with Crippen LogP contribution in [0.1, 0.15) is 19.4 Å². The number of halogens is 3. The van der Waals surface area contributed by atoms with Crippen molar-refractivity contribution in [1.82, 2.24) is 14.9 Å². The fourth-order valence-electron chi connectivity index (χ4n) is 2.19. The maximum absolute atomic E-state index is 12.5. The van der Waals surface area contributed by atoms with E-state index in [4.69, 9.17) is 0 Å². The van der Waals surface area contributed by atoms with Gasteiger partial charge in [-0.15, -0.1) is 0 Å². The number of rotatable bonds is 2. The molecule has 0 saturated carbocycles. The SMILES string of the molecule is C[C@@H]1CN(c2ncc(C(F)(F)F)cn2)[C@H](C)CN1C=O. The van der Waals surface area contributed by atoms with E-state index in [1.165, 1.54) is 0 Å². The number of hydrogen-bond acceptors (Lipinski definition) is 4. The van der Waals surface area contributed by atoms with E-state index in [9.17, 15) is 18.0 Å². The first-order valence-electron chi connectivity index (χ1n) is 6.20. The van der Waals surface area contributed by atoms with Gasteiger partial charge >= 0.3 is 6.18 Å². The van der Waals surface area contributed by atoms with Gasteiger partial charge in [-0.1, -0.05) is 0 Å². The zero-order valence-corrected chi connectivity index (χ0v) is 11.1. The van der Waals surface area contributed by atoms with Gasteiger partial charge < -0.3 is 9.80 Å². The van der Waals surface area contributed by atoms with Crippen molar-refractivity contribution in [3.05, 3.63) is 18.0 Å². The van der Waals surface area contributed by atoms with Gasteiger partial charge in [0, 0.05) is 37.6 Å². The lowest BCUT2D eigenvalue weighted by atomic mass is 10.1. The first-order chi connectivity index (χ1) is 9.32. The van der Waals surface area contributed by atoms with E-state index in [2.05, 4.69) is 9.97 Å². The van der Waals surface area contributed by atoms with Crippen molar-refractivity contribution < 1.29 is 18.0 Å². The molecular formula is C12H15F3N4O. The molecule has 1 saturated heterocycles. The van der Waals surface area contributed by atoms with Crippen LogP contribution in [0, 0.1) is 0 Å². The van der Waals surface area contributed by atoms with Gasteiger partial charge in [-0.25, -0.2) is 9.97 Å². The minimum atomic E-state index is -4.44. The highest BCUT2D eigenvalue weighted by atomic mass is 19.4. The normalized spacial score (nSPS) is 23.9. The lowest BCUT2D eigenvalue weighted by molar-refractivity contribution is -0.138. The van der Waals surface area contributed by atoms with Crippen LogP contribution in [0.2, 0.25) is 0 Å². The van der Waals surface area contributed by atoms with Crippen LogP contribution in [0.5, 0.6) is 0 Å². The second-order valence-corrected chi connectivity index (χ2v) is 4.92. The number of anilines is 1. The Balaban J connectivity index is 2.17. The van der Waals surface area contributed by atoms with Gasteiger partial charge in [0.2, 0.25) is 12.4 Å². The van der Waals surface area contributed by atoms with Crippen molar-refractivity contribution >= 4 is 12.4 Å². The van der Waals surface area contributed by atoms with Gasteiger partial charge in [0.25, 0.3) is 0 Å². The number of nitrogens with zero attached hydrogens (tertiary/aromatic N) is 4. The van der Waals surface area contributed by atoms with Crippen molar-refractivity contribution in [1.29, 1.82) is 0 Å². The fraction of sp³-hybridized carbons (Fsp3) is 0.583. The van der Waals surface area contributed by atoms with Gasteiger partial charge in [0.15, 0.2) is 0 Å². The van der Waals surface area contributed by atoms with E-state index in [0.717, 1.165) is 18.8 Å². The molecule has 1 aromatic heterocycles. The summed E-state index contributed by atoms with van der Waals surface area (Å²) >= 11 is 0. The highest BCUT2D eigenvalue weighted by Crippen LogP contribution is 2.29. The summed E-state index contributed by atoms with van der Waals surface area (Å²) in [4.78, 5) is 21.9. The second-order valence-electron chi connectivity index (χ2n) is 4.92. The lowest BCUT2D eigenvalue weighted by Crippen LogP contribution is -2.56. The summed E-state index contributed by atoms with van der Waals surface area (Å²) in [6, 6.07) is -0.0808. The van der Waals surface area contributed by atoms with Gasteiger partial charge in [-0.3, -0.25) is 4.79 Å². The topological polar surface area (TPSA) is 49.3 Å². The summed E-state index contributed by atoms with van der Waals surface area (Å²) in [6.07, 6.45) is -2.09. The third kappa shape index (κ3) is 2.83. The molecule has 1 aromatic rings. The molecule has 1 fully saturated rings. The molecule has 0 N–H and O–H groups in total. The highest BCUT2D eigenvalue weighted by Gasteiger charge is 2.33. The Kier molecular flexibility index (Phi) is 3.82. The molecule has 2 atom stereocenters. The molecule has 1 aliphatic heterocycles. The van der Waals surface area contributed by atoms with Gasteiger partial charge in [-0.05, 0) is 13.8 Å². The summed E-state index contributed by atoms with van der Waals surface area (Å²) in [5.41, 5.74) is -0.867. The van der Waals surface area contributed by atoms with Crippen LogP contribution in [0.3, 0.4) is 0 Å². The summed E-state index contributed by atoms with van der Waals surface area (Å²) < 4.78 is 37.4. The minimum absolute atomic E-state index is 0.0328. The Labute approximate surface area is 114 Å². The van der Waals surface area contributed by atoms with Crippen LogP contribution in [-0.2, 0) is 11.0 Å². The molecule has 2 rings (SSSR count). The van der Waals surface area contributed by atoms with E-state index in [1.807, 2.05) is 18.7 Å². The molecule has 8 heteroatoms. The molecule has 0 bridgehead atoms. The van der Waals surface area contributed by atoms with E-state index in [-0.39, 0.29) is 18.0 Å². The third-order valence-electron chi connectivity index (χ3n) is 3.39. The molecule has 1 aliphatic rings. The number of amides is 1. The summed E-state index contributed by atoms with van der Waals surface area (Å²) in [5.74, 6) is 0.253. The predicted octanol–water partition coefficient (Wildman–Crippen LogP) is 1.55. The molecule has 20 heavy (non-hydrogen) atoms. The smallest absolute Gasteiger partial charge is 0.339 e. The Bertz CT molecular complexity index is 477. The van der Waals surface area contributed by atoms with Crippen molar-refractivity contribution in [2.75, 3.05) is 18.0 Å². The number of aromatic nitrogens is 2. The number of carbonyl (C=O) groups is 1. The van der Waals surface area contributed by atoms with E-state index >= 15 is 0 Å². The first kappa shape index (κ1) is 14.5. The molecule has 2 heterocycles. The molecule has 0 aliphatic carbocycles. The van der Waals surface area contributed by atoms with Crippen LogP contribution < -0.4 is 4.90 Å². The zero-order valence-electron chi connectivity index (χ0n) is 11.1. The van der Waals surface area contributed by atoms with Crippen molar-refractivity contribution in [2.45, 2.75) is 32.1 Å². The largest absolute Gasteiger partial charge is 0.419 e. The fourth-order valence-corrected chi connectivity index (χ4v) is 2.19. The number of carbonyl (C=O) groups excluding carboxylic acids is 1. The van der Waals surface area contributed by atoms with Crippen molar-refractivity contribution in [3.8, 4) is 0 Å². The Morgan fingerprint density at radius 3 is 2.30 bits per heavy atom. The molecule has 0 radical (unpaired) electrons. The molecule has 5 nitrogen and oxygen atoms in total. The molecule has 110 valence electrons. The number of piperazine rings is 1. The van der Waals surface area contributed by atoms with Gasteiger partial charge in [0.05, 0.1) is 5.56 Å². The standard InChI is InChI=1S/C12H15F3N4O/c1-8-6-19(9(2)5-18(8)7-20)11-16-3-10(4-17-11)12(13,14)15/h3-4,7-9H,5-6H2,1-2H3/t8-,9-/m1/s1. The summed E-state index contributed by atoms with van der Waals surface area (Å²) in [7, 11) is 0. The van der Waals surface area contributed by atoms with Gasteiger partial charge in [-0.2, -0.15) is 13.2 Å². The molecule has 0 aromatic carbocycles. The Hall–Kier alpha value is -1.86. The Morgan fingerprint density at radius 1 is 1.20 bits per heavy atom. The predicted molar refractivity (Wildman–Crippen MR) is 66.1 cm³/mol. The maximum Gasteiger partial charge on any atom is 0.419 e. The Morgan fingerprint density at radius 2 is 1.80 bits per heavy atom. The van der Waals surface area contributed by atoms with E-state index in [0.29, 0.717) is 13.1 Å².